The highest BCUT2D eigenvalue weighted by molar-refractivity contribution is 6.33. The predicted molar refractivity (Wildman–Crippen MR) is 143 cm³/mol. The van der Waals surface area contributed by atoms with E-state index in [1.54, 1.807) is 18.2 Å². The van der Waals surface area contributed by atoms with E-state index in [2.05, 4.69) is 37.9 Å². The third kappa shape index (κ3) is 5.60. The molecule has 1 aliphatic heterocycles. The Morgan fingerprint density at radius 3 is 2.44 bits per heavy atom. The van der Waals surface area contributed by atoms with Gasteiger partial charge in [-0.1, -0.05) is 53.8 Å². The van der Waals surface area contributed by atoms with Gasteiger partial charge in [-0.2, -0.15) is 4.98 Å². The standard InChI is InChI=1S/C29H21ClN4O2/c30-24-10-6-11-25(36-19-23-9-4-5-18-31-23)26(24)28-32-27(33-29(35)34-28)22-16-14-21(15-17-22)13-12-20-7-2-1-3-8-20/h1-4,6-11,14-17H,5,18-19H2,(H,32,33,34,35). The molecule has 6 nitrogen and oxygen atoms in total. The number of nitrogens with one attached hydrogen (secondary N) is 1. The number of hydrogen-bond acceptors (Lipinski definition) is 5. The van der Waals surface area contributed by atoms with E-state index in [9.17, 15) is 4.79 Å². The lowest BCUT2D eigenvalue weighted by molar-refractivity contribution is 0.378. The van der Waals surface area contributed by atoms with Crippen molar-refractivity contribution in [3.63, 3.8) is 0 Å². The SMILES string of the molecule is O=c1nc(-c2ccc(C#Cc3ccccc3)cc2)nc(-c2c(Cl)cccc2OCC2=NCCC=C2)[nH]1. The summed E-state index contributed by atoms with van der Waals surface area (Å²) in [6, 6.07) is 22.5. The second kappa shape index (κ2) is 10.9. The average Bonchev–Trinajstić information content (AvgIpc) is 2.92. The third-order valence-corrected chi connectivity index (χ3v) is 5.74. The van der Waals surface area contributed by atoms with Crippen LogP contribution in [0.1, 0.15) is 17.5 Å². The fraction of sp³-hybridized carbons (Fsp3) is 0.103. The summed E-state index contributed by atoms with van der Waals surface area (Å²) in [5.41, 5.74) is 3.27. The quantitative estimate of drug-likeness (QED) is 0.382. The summed E-state index contributed by atoms with van der Waals surface area (Å²) >= 11 is 6.52. The molecule has 0 atom stereocenters. The highest BCUT2D eigenvalue weighted by atomic mass is 35.5. The average molecular weight is 493 g/mol. The van der Waals surface area contributed by atoms with Gasteiger partial charge in [-0.25, -0.2) is 9.78 Å². The lowest BCUT2D eigenvalue weighted by Crippen LogP contribution is -2.16. The molecule has 2 heterocycles. The molecule has 5 rings (SSSR count). The summed E-state index contributed by atoms with van der Waals surface area (Å²) in [4.78, 5) is 28.3. The minimum Gasteiger partial charge on any atom is -0.486 e. The van der Waals surface area contributed by atoms with Gasteiger partial charge >= 0.3 is 5.69 Å². The van der Waals surface area contributed by atoms with Crippen LogP contribution in [0.5, 0.6) is 5.75 Å². The van der Waals surface area contributed by atoms with Gasteiger partial charge in [-0.3, -0.25) is 9.98 Å². The van der Waals surface area contributed by atoms with Crippen molar-refractivity contribution in [2.75, 3.05) is 13.2 Å². The maximum atomic E-state index is 12.5. The normalized spacial score (nSPS) is 12.4. The number of dihydropyridines is 1. The fourth-order valence-electron chi connectivity index (χ4n) is 3.65. The summed E-state index contributed by atoms with van der Waals surface area (Å²) < 4.78 is 6.01. The van der Waals surface area contributed by atoms with Gasteiger partial charge < -0.3 is 4.74 Å². The van der Waals surface area contributed by atoms with Crippen LogP contribution >= 0.6 is 11.6 Å². The van der Waals surface area contributed by atoms with Gasteiger partial charge in [0.15, 0.2) is 5.82 Å². The van der Waals surface area contributed by atoms with Gasteiger partial charge in [-0.05, 0) is 61.0 Å². The molecule has 0 bridgehead atoms. The Balaban J connectivity index is 1.43. The Morgan fingerprint density at radius 2 is 1.69 bits per heavy atom. The number of rotatable bonds is 5. The zero-order valence-electron chi connectivity index (χ0n) is 19.2. The first-order valence-electron chi connectivity index (χ1n) is 11.4. The summed E-state index contributed by atoms with van der Waals surface area (Å²) in [6.45, 7) is 1.04. The van der Waals surface area contributed by atoms with E-state index in [0.717, 1.165) is 29.8 Å². The minimum atomic E-state index is -0.534. The van der Waals surface area contributed by atoms with Crippen LogP contribution in [0.4, 0.5) is 0 Å². The molecule has 176 valence electrons. The van der Waals surface area contributed by atoms with Crippen molar-refractivity contribution in [3.05, 3.63) is 112 Å². The van der Waals surface area contributed by atoms with Crippen LogP contribution in [0, 0.1) is 11.8 Å². The van der Waals surface area contributed by atoms with E-state index in [1.807, 2.05) is 60.7 Å². The number of benzene rings is 3. The molecule has 4 aromatic rings. The van der Waals surface area contributed by atoms with E-state index in [4.69, 9.17) is 16.3 Å². The third-order valence-electron chi connectivity index (χ3n) is 5.43. The van der Waals surface area contributed by atoms with Crippen LogP contribution in [0.2, 0.25) is 5.02 Å². The number of ether oxygens (including phenoxy) is 1. The highest BCUT2D eigenvalue weighted by Gasteiger charge is 2.16. The Hall–Kier alpha value is -4.47. The number of halogens is 1. The topological polar surface area (TPSA) is 80.2 Å². The molecule has 0 amide bonds. The molecule has 1 aliphatic rings. The molecule has 36 heavy (non-hydrogen) atoms. The first kappa shape index (κ1) is 23.3. The Labute approximate surface area is 213 Å². The van der Waals surface area contributed by atoms with Crippen molar-refractivity contribution in [1.82, 2.24) is 15.0 Å². The molecule has 3 aromatic carbocycles. The van der Waals surface area contributed by atoms with Crippen molar-refractivity contribution in [1.29, 1.82) is 0 Å². The monoisotopic (exact) mass is 492 g/mol. The summed E-state index contributed by atoms with van der Waals surface area (Å²) in [5.74, 6) is 7.32. The van der Waals surface area contributed by atoms with Gasteiger partial charge in [0.1, 0.15) is 18.2 Å². The Bertz CT molecular complexity index is 1560. The van der Waals surface area contributed by atoms with Crippen molar-refractivity contribution in [2.45, 2.75) is 6.42 Å². The van der Waals surface area contributed by atoms with Crippen molar-refractivity contribution in [3.8, 4) is 40.4 Å². The molecular weight excluding hydrogens is 472 g/mol. The fourth-order valence-corrected chi connectivity index (χ4v) is 3.91. The second-order valence-corrected chi connectivity index (χ2v) is 8.39. The van der Waals surface area contributed by atoms with Crippen molar-refractivity contribution >= 4 is 17.3 Å². The van der Waals surface area contributed by atoms with Crippen LogP contribution in [0.3, 0.4) is 0 Å². The zero-order chi connectivity index (χ0) is 24.7. The number of aliphatic imine (C=N–C) groups is 1. The molecule has 1 aromatic heterocycles. The van der Waals surface area contributed by atoms with Gasteiger partial charge in [0.25, 0.3) is 0 Å². The largest absolute Gasteiger partial charge is 0.486 e. The van der Waals surface area contributed by atoms with Gasteiger partial charge in [0.05, 0.1) is 16.3 Å². The van der Waals surface area contributed by atoms with Crippen molar-refractivity contribution < 1.29 is 4.74 Å². The van der Waals surface area contributed by atoms with Gasteiger partial charge in [0.2, 0.25) is 0 Å². The molecular formula is C29H21ClN4O2. The minimum absolute atomic E-state index is 0.277. The molecule has 0 unspecified atom stereocenters. The molecule has 0 aliphatic carbocycles. The maximum absolute atomic E-state index is 12.5. The highest BCUT2D eigenvalue weighted by Crippen LogP contribution is 2.34. The number of nitrogens with zero attached hydrogens (tertiary/aromatic N) is 3. The van der Waals surface area contributed by atoms with Crippen LogP contribution in [0.25, 0.3) is 22.8 Å². The summed E-state index contributed by atoms with van der Waals surface area (Å²) in [6.07, 6.45) is 4.95. The molecule has 0 fully saturated rings. The van der Waals surface area contributed by atoms with E-state index in [0.29, 0.717) is 21.9 Å². The zero-order valence-corrected chi connectivity index (χ0v) is 20.0. The van der Waals surface area contributed by atoms with Crippen LogP contribution in [-0.2, 0) is 0 Å². The summed E-state index contributed by atoms with van der Waals surface area (Å²) in [5, 5.41) is 0.403. The summed E-state index contributed by atoms with van der Waals surface area (Å²) in [7, 11) is 0. The van der Waals surface area contributed by atoms with E-state index >= 15 is 0 Å². The van der Waals surface area contributed by atoms with E-state index in [1.165, 1.54) is 0 Å². The number of aromatic nitrogens is 3. The molecule has 0 saturated heterocycles. The first-order valence-corrected chi connectivity index (χ1v) is 11.8. The maximum Gasteiger partial charge on any atom is 0.348 e. The smallest absolute Gasteiger partial charge is 0.348 e. The van der Waals surface area contributed by atoms with Crippen molar-refractivity contribution in [2.24, 2.45) is 4.99 Å². The lowest BCUT2D eigenvalue weighted by atomic mass is 10.1. The van der Waals surface area contributed by atoms with E-state index < -0.39 is 5.69 Å². The van der Waals surface area contributed by atoms with Gasteiger partial charge in [0, 0.05) is 23.2 Å². The number of aromatic amines is 1. The predicted octanol–water partition coefficient (Wildman–Crippen LogP) is 5.33. The van der Waals surface area contributed by atoms with Crippen LogP contribution in [0.15, 0.2) is 94.7 Å². The molecule has 7 heteroatoms. The molecule has 0 saturated carbocycles. The van der Waals surface area contributed by atoms with Crippen LogP contribution < -0.4 is 10.4 Å². The number of hydrogen-bond donors (Lipinski definition) is 1. The Kier molecular flexibility index (Phi) is 7.02. The number of H-pyrrole nitrogens is 1. The Morgan fingerprint density at radius 1 is 0.917 bits per heavy atom. The second-order valence-electron chi connectivity index (χ2n) is 7.99. The molecule has 0 radical (unpaired) electrons. The van der Waals surface area contributed by atoms with Crippen LogP contribution in [-0.4, -0.2) is 33.8 Å². The van der Waals surface area contributed by atoms with Gasteiger partial charge in [-0.15, -0.1) is 0 Å². The lowest BCUT2D eigenvalue weighted by Gasteiger charge is -2.14. The molecule has 0 spiro atoms. The first-order chi connectivity index (χ1) is 17.7. The molecule has 1 N–H and O–H groups in total. The van der Waals surface area contributed by atoms with E-state index in [-0.39, 0.29) is 18.3 Å².